The quantitative estimate of drug-likeness (QED) is 0.275. The van der Waals surface area contributed by atoms with E-state index in [4.69, 9.17) is 0 Å². The van der Waals surface area contributed by atoms with Gasteiger partial charge in [-0.3, -0.25) is 4.79 Å². The Balaban J connectivity index is 2.03. The summed E-state index contributed by atoms with van der Waals surface area (Å²) in [4.78, 5) is 13.0. The summed E-state index contributed by atoms with van der Waals surface area (Å²) in [7, 11) is 0. The molecule has 1 rings (SSSR count). The van der Waals surface area contributed by atoms with Crippen LogP contribution in [0.3, 0.4) is 0 Å². The lowest BCUT2D eigenvalue weighted by molar-refractivity contribution is -0.120. The minimum atomic E-state index is 0.142. The molecule has 2 heteroatoms. The lowest BCUT2D eigenvalue weighted by Gasteiger charge is -1.91. The first-order valence-corrected chi connectivity index (χ1v) is 5.46. The second kappa shape index (κ2) is 6.41. The summed E-state index contributed by atoms with van der Waals surface area (Å²) in [6.07, 6.45) is 12.5. The summed E-state index contributed by atoms with van der Waals surface area (Å²) in [6, 6.07) is 0. The van der Waals surface area contributed by atoms with E-state index in [1.54, 1.807) is 11.0 Å². The van der Waals surface area contributed by atoms with Crippen LogP contribution in [0.1, 0.15) is 32.6 Å². The first kappa shape index (κ1) is 11.0. The van der Waals surface area contributed by atoms with Gasteiger partial charge >= 0.3 is 0 Å². The van der Waals surface area contributed by atoms with Crippen molar-refractivity contribution in [2.75, 3.05) is 13.1 Å². The minimum Gasteiger partial charge on any atom is -0.336 e. The summed E-state index contributed by atoms with van der Waals surface area (Å²) < 4.78 is 0. The Bertz CT molecular complexity index is 226. The molecule has 2 nitrogen and oxygen atoms in total. The van der Waals surface area contributed by atoms with E-state index in [9.17, 15) is 4.79 Å². The van der Waals surface area contributed by atoms with Crippen molar-refractivity contribution in [1.82, 2.24) is 4.90 Å². The molecule has 78 valence electrons. The third-order valence-electron chi connectivity index (χ3n) is 2.22. The van der Waals surface area contributed by atoms with Crippen LogP contribution in [0.15, 0.2) is 24.3 Å². The van der Waals surface area contributed by atoms with Crippen LogP contribution in [-0.4, -0.2) is 23.9 Å². The molecule has 1 aliphatic rings. The fourth-order valence-electron chi connectivity index (χ4n) is 1.20. The van der Waals surface area contributed by atoms with E-state index in [0.717, 1.165) is 19.5 Å². The largest absolute Gasteiger partial charge is 0.336 e. The van der Waals surface area contributed by atoms with E-state index in [1.165, 1.54) is 19.3 Å². The predicted octanol–water partition coefficient (Wildman–Crippen LogP) is 2.52. The van der Waals surface area contributed by atoms with Gasteiger partial charge in [-0.2, -0.15) is 0 Å². The van der Waals surface area contributed by atoms with E-state index in [2.05, 4.69) is 13.0 Å². The summed E-state index contributed by atoms with van der Waals surface area (Å²) in [5.74, 6) is 0.142. The molecule has 0 N–H and O–H groups in total. The zero-order chi connectivity index (χ0) is 10.2. The summed E-state index contributed by atoms with van der Waals surface area (Å²) in [5.41, 5.74) is 0. The van der Waals surface area contributed by atoms with Gasteiger partial charge in [0.15, 0.2) is 0 Å². The van der Waals surface area contributed by atoms with Gasteiger partial charge in [-0.1, -0.05) is 38.0 Å². The number of carbonyl (C=O) groups is 1. The molecule has 0 radical (unpaired) electrons. The maximum atomic E-state index is 11.1. The molecule has 1 amide bonds. The van der Waals surface area contributed by atoms with E-state index in [0.29, 0.717) is 0 Å². The highest BCUT2D eigenvalue weighted by molar-refractivity contribution is 5.89. The smallest absolute Gasteiger partial charge is 0.246 e. The Hall–Kier alpha value is -1.05. The van der Waals surface area contributed by atoms with Gasteiger partial charge in [-0.05, 0) is 12.8 Å². The first-order valence-electron chi connectivity index (χ1n) is 5.46. The van der Waals surface area contributed by atoms with Crippen molar-refractivity contribution in [3.05, 3.63) is 24.3 Å². The molecular formula is C12H19NO. The SMILES string of the molecule is CCCCCC=CC=CC(=O)N1CC1. The van der Waals surface area contributed by atoms with Crippen LogP contribution >= 0.6 is 0 Å². The molecule has 0 aromatic heterocycles. The Morgan fingerprint density at radius 1 is 1.29 bits per heavy atom. The molecule has 1 aliphatic heterocycles. The molecule has 0 unspecified atom stereocenters. The van der Waals surface area contributed by atoms with Crippen molar-refractivity contribution in [3.8, 4) is 0 Å². The molecule has 0 atom stereocenters. The highest BCUT2D eigenvalue weighted by Crippen LogP contribution is 2.04. The molecular weight excluding hydrogens is 174 g/mol. The molecule has 0 aliphatic carbocycles. The van der Waals surface area contributed by atoms with E-state index in [-0.39, 0.29) is 5.91 Å². The number of carbonyl (C=O) groups excluding carboxylic acids is 1. The maximum Gasteiger partial charge on any atom is 0.246 e. The summed E-state index contributed by atoms with van der Waals surface area (Å²) in [5, 5.41) is 0. The number of rotatable bonds is 6. The van der Waals surface area contributed by atoms with Crippen molar-refractivity contribution in [1.29, 1.82) is 0 Å². The van der Waals surface area contributed by atoms with Crippen molar-refractivity contribution in [2.45, 2.75) is 32.6 Å². The standard InChI is InChI=1S/C12H19NO/c1-2-3-4-5-6-7-8-9-12(14)13-10-11-13/h6-9H,2-5,10-11H2,1H3. The van der Waals surface area contributed by atoms with Crippen LogP contribution in [0, 0.1) is 0 Å². The van der Waals surface area contributed by atoms with Gasteiger partial charge in [0, 0.05) is 19.2 Å². The molecule has 0 saturated carbocycles. The molecule has 14 heavy (non-hydrogen) atoms. The van der Waals surface area contributed by atoms with Crippen molar-refractivity contribution in [2.24, 2.45) is 0 Å². The molecule has 0 bridgehead atoms. The van der Waals surface area contributed by atoms with Crippen LogP contribution in [0.4, 0.5) is 0 Å². The average molecular weight is 193 g/mol. The van der Waals surface area contributed by atoms with Crippen LogP contribution in [0.2, 0.25) is 0 Å². The fourth-order valence-corrected chi connectivity index (χ4v) is 1.20. The summed E-state index contributed by atoms with van der Waals surface area (Å²) in [6.45, 7) is 4.07. The average Bonchev–Trinajstić information content (AvgIpc) is 2.99. The minimum absolute atomic E-state index is 0.142. The van der Waals surface area contributed by atoms with Gasteiger partial charge in [-0.25, -0.2) is 0 Å². The van der Waals surface area contributed by atoms with Gasteiger partial charge < -0.3 is 4.90 Å². The van der Waals surface area contributed by atoms with Crippen LogP contribution < -0.4 is 0 Å². The number of hydrogen-bond acceptors (Lipinski definition) is 1. The van der Waals surface area contributed by atoms with Crippen molar-refractivity contribution in [3.63, 3.8) is 0 Å². The van der Waals surface area contributed by atoms with E-state index >= 15 is 0 Å². The first-order chi connectivity index (χ1) is 6.84. The third kappa shape index (κ3) is 4.85. The Labute approximate surface area is 86.3 Å². The zero-order valence-corrected chi connectivity index (χ0v) is 8.91. The number of hydrogen-bond donors (Lipinski definition) is 0. The summed E-state index contributed by atoms with van der Waals surface area (Å²) >= 11 is 0. The number of amides is 1. The lowest BCUT2D eigenvalue weighted by Crippen LogP contribution is -2.04. The molecule has 1 saturated heterocycles. The topological polar surface area (TPSA) is 20.1 Å². The highest BCUT2D eigenvalue weighted by atomic mass is 16.2. The number of allylic oxidation sites excluding steroid dienone is 3. The van der Waals surface area contributed by atoms with Gasteiger partial charge in [0.1, 0.15) is 0 Å². The van der Waals surface area contributed by atoms with Gasteiger partial charge in [-0.15, -0.1) is 0 Å². The zero-order valence-electron chi connectivity index (χ0n) is 8.91. The molecule has 1 fully saturated rings. The molecule has 0 aromatic carbocycles. The van der Waals surface area contributed by atoms with Crippen molar-refractivity contribution < 1.29 is 4.79 Å². The van der Waals surface area contributed by atoms with Crippen LogP contribution in [-0.2, 0) is 4.79 Å². The fraction of sp³-hybridized carbons (Fsp3) is 0.583. The second-order valence-corrected chi connectivity index (χ2v) is 3.61. The van der Waals surface area contributed by atoms with Gasteiger partial charge in [0.05, 0.1) is 0 Å². The van der Waals surface area contributed by atoms with Crippen LogP contribution in [0.25, 0.3) is 0 Å². The van der Waals surface area contributed by atoms with E-state index < -0.39 is 0 Å². The Kier molecular flexibility index (Phi) is 5.05. The van der Waals surface area contributed by atoms with Gasteiger partial charge in [0.25, 0.3) is 0 Å². The molecule has 1 heterocycles. The lowest BCUT2D eigenvalue weighted by atomic mass is 10.2. The normalized spacial score (nSPS) is 15.6. The second-order valence-electron chi connectivity index (χ2n) is 3.61. The number of nitrogens with zero attached hydrogens (tertiary/aromatic N) is 1. The maximum absolute atomic E-state index is 11.1. The Morgan fingerprint density at radius 2 is 2.07 bits per heavy atom. The predicted molar refractivity (Wildman–Crippen MR) is 59.0 cm³/mol. The monoisotopic (exact) mass is 193 g/mol. The molecule has 0 spiro atoms. The van der Waals surface area contributed by atoms with Crippen molar-refractivity contribution >= 4 is 5.91 Å². The highest BCUT2D eigenvalue weighted by Gasteiger charge is 2.20. The molecule has 0 aromatic rings. The van der Waals surface area contributed by atoms with Gasteiger partial charge in [0.2, 0.25) is 5.91 Å². The third-order valence-corrected chi connectivity index (χ3v) is 2.22. The number of unbranched alkanes of at least 4 members (excludes halogenated alkanes) is 3. The van der Waals surface area contributed by atoms with Crippen LogP contribution in [0.5, 0.6) is 0 Å². The van der Waals surface area contributed by atoms with E-state index in [1.807, 2.05) is 12.2 Å². The Morgan fingerprint density at radius 3 is 2.71 bits per heavy atom.